The van der Waals surface area contributed by atoms with Crippen molar-refractivity contribution < 1.29 is 19.6 Å². The predicted molar refractivity (Wildman–Crippen MR) is 120 cm³/mol. The highest BCUT2D eigenvalue weighted by molar-refractivity contribution is 7.80. The second kappa shape index (κ2) is 9.00. The first-order chi connectivity index (χ1) is 14.7. The third-order valence-corrected chi connectivity index (χ3v) is 5.32. The van der Waals surface area contributed by atoms with Crippen LogP contribution in [0.1, 0.15) is 25.5 Å². The SMILES string of the molecule is CCOc1cc(C2NC(=S)N(C)C(C)=C2C(=O)Nc2cccc([N+](=O)[O-])c2)ccc1O. The number of nitro benzene ring substituents is 1. The molecule has 3 rings (SSSR count). The molecule has 0 bridgehead atoms. The molecule has 1 aliphatic heterocycles. The molecule has 10 heteroatoms. The third kappa shape index (κ3) is 4.58. The van der Waals surface area contributed by atoms with E-state index in [2.05, 4.69) is 10.6 Å². The van der Waals surface area contributed by atoms with Crippen molar-refractivity contribution in [1.82, 2.24) is 10.2 Å². The van der Waals surface area contributed by atoms with Gasteiger partial charge in [0, 0.05) is 30.6 Å². The lowest BCUT2D eigenvalue weighted by molar-refractivity contribution is -0.384. The molecule has 0 saturated heterocycles. The van der Waals surface area contributed by atoms with Crippen LogP contribution in [0.2, 0.25) is 0 Å². The molecule has 0 fully saturated rings. The zero-order valence-electron chi connectivity index (χ0n) is 17.2. The van der Waals surface area contributed by atoms with Crippen molar-refractivity contribution in [2.45, 2.75) is 19.9 Å². The van der Waals surface area contributed by atoms with Gasteiger partial charge >= 0.3 is 0 Å². The number of thiocarbonyl (C=S) groups is 1. The van der Waals surface area contributed by atoms with Crippen LogP contribution in [0.25, 0.3) is 0 Å². The highest BCUT2D eigenvalue weighted by Crippen LogP contribution is 2.35. The molecule has 0 radical (unpaired) electrons. The highest BCUT2D eigenvalue weighted by Gasteiger charge is 2.33. The van der Waals surface area contributed by atoms with Gasteiger partial charge in [0.25, 0.3) is 11.6 Å². The summed E-state index contributed by atoms with van der Waals surface area (Å²) in [7, 11) is 1.74. The van der Waals surface area contributed by atoms with E-state index in [0.717, 1.165) is 0 Å². The third-order valence-electron chi connectivity index (χ3n) is 4.93. The van der Waals surface area contributed by atoms with E-state index in [4.69, 9.17) is 17.0 Å². The van der Waals surface area contributed by atoms with Gasteiger partial charge in [-0.3, -0.25) is 14.9 Å². The molecule has 162 valence electrons. The second-order valence-electron chi connectivity index (χ2n) is 6.86. The van der Waals surface area contributed by atoms with E-state index in [0.29, 0.717) is 40.0 Å². The normalized spacial score (nSPS) is 16.0. The first-order valence-corrected chi connectivity index (χ1v) is 9.90. The van der Waals surface area contributed by atoms with Crippen LogP contribution >= 0.6 is 12.2 Å². The molecular formula is C21H22N4O5S. The number of phenolic OH excluding ortho intramolecular Hbond substituents is 1. The molecule has 31 heavy (non-hydrogen) atoms. The van der Waals surface area contributed by atoms with E-state index >= 15 is 0 Å². The highest BCUT2D eigenvalue weighted by atomic mass is 32.1. The number of phenols is 1. The number of rotatable bonds is 6. The predicted octanol–water partition coefficient (Wildman–Crippen LogP) is 3.47. The maximum Gasteiger partial charge on any atom is 0.271 e. The number of aromatic hydroxyl groups is 1. The van der Waals surface area contributed by atoms with Crippen molar-refractivity contribution >= 4 is 34.6 Å². The Morgan fingerprint density at radius 2 is 2.10 bits per heavy atom. The number of carbonyl (C=O) groups is 1. The van der Waals surface area contributed by atoms with Gasteiger partial charge < -0.3 is 25.4 Å². The molecule has 0 saturated carbocycles. The molecule has 1 unspecified atom stereocenters. The minimum absolute atomic E-state index is 0.00981. The van der Waals surface area contributed by atoms with Crippen LogP contribution in [0.5, 0.6) is 11.5 Å². The Morgan fingerprint density at radius 3 is 2.77 bits per heavy atom. The Labute approximate surface area is 184 Å². The monoisotopic (exact) mass is 442 g/mol. The molecule has 1 amide bonds. The molecular weight excluding hydrogens is 420 g/mol. The van der Waals surface area contributed by atoms with E-state index in [1.54, 1.807) is 44.0 Å². The lowest BCUT2D eigenvalue weighted by Gasteiger charge is -2.36. The Balaban J connectivity index is 2.01. The van der Waals surface area contributed by atoms with E-state index in [9.17, 15) is 20.0 Å². The molecule has 1 aliphatic rings. The molecule has 2 aromatic carbocycles. The summed E-state index contributed by atoms with van der Waals surface area (Å²) in [5.41, 5.74) is 1.86. The van der Waals surface area contributed by atoms with E-state index < -0.39 is 16.9 Å². The average Bonchev–Trinajstić information content (AvgIpc) is 2.73. The largest absolute Gasteiger partial charge is 0.504 e. The number of nitrogens with one attached hydrogen (secondary N) is 2. The van der Waals surface area contributed by atoms with Crippen LogP contribution in [0, 0.1) is 10.1 Å². The Morgan fingerprint density at radius 1 is 1.35 bits per heavy atom. The lowest BCUT2D eigenvalue weighted by Crippen LogP contribution is -2.46. The van der Waals surface area contributed by atoms with Crippen molar-refractivity contribution in [3.05, 3.63) is 69.4 Å². The molecule has 9 nitrogen and oxygen atoms in total. The van der Waals surface area contributed by atoms with Crippen LogP contribution in [-0.2, 0) is 4.79 Å². The van der Waals surface area contributed by atoms with Crippen LogP contribution in [0.4, 0.5) is 11.4 Å². The van der Waals surface area contributed by atoms with Crippen molar-refractivity contribution in [2.24, 2.45) is 0 Å². The van der Waals surface area contributed by atoms with Crippen molar-refractivity contribution in [3.8, 4) is 11.5 Å². The van der Waals surface area contributed by atoms with Crippen LogP contribution in [-0.4, -0.2) is 39.6 Å². The number of anilines is 1. The Kier molecular flexibility index (Phi) is 6.40. The summed E-state index contributed by atoms with van der Waals surface area (Å²) in [5.74, 6) is -0.150. The second-order valence-corrected chi connectivity index (χ2v) is 7.25. The van der Waals surface area contributed by atoms with Gasteiger partial charge in [-0.15, -0.1) is 0 Å². The molecule has 2 aromatic rings. The van der Waals surface area contributed by atoms with Gasteiger partial charge in [-0.05, 0) is 49.8 Å². The molecule has 0 aromatic heterocycles. The van der Waals surface area contributed by atoms with Gasteiger partial charge in [-0.2, -0.15) is 0 Å². The number of non-ortho nitro benzene ring substituents is 1. The molecule has 3 N–H and O–H groups in total. The summed E-state index contributed by atoms with van der Waals surface area (Å²) < 4.78 is 5.47. The fraction of sp³-hybridized carbons (Fsp3) is 0.238. The number of hydrogen-bond acceptors (Lipinski definition) is 6. The van der Waals surface area contributed by atoms with Gasteiger partial charge in [0.1, 0.15) is 0 Å². The van der Waals surface area contributed by atoms with Gasteiger partial charge in [0.05, 0.1) is 23.1 Å². The Bertz CT molecular complexity index is 1090. The molecule has 0 aliphatic carbocycles. The number of nitrogens with zero attached hydrogens (tertiary/aromatic N) is 2. The summed E-state index contributed by atoms with van der Waals surface area (Å²) in [5, 5.41) is 27.4. The summed E-state index contributed by atoms with van der Waals surface area (Å²) in [4.78, 5) is 25.4. The summed E-state index contributed by atoms with van der Waals surface area (Å²) >= 11 is 5.40. The van der Waals surface area contributed by atoms with Gasteiger partial charge in [0.2, 0.25) is 0 Å². The maximum atomic E-state index is 13.2. The van der Waals surface area contributed by atoms with Gasteiger partial charge in [-0.1, -0.05) is 12.1 Å². The van der Waals surface area contributed by atoms with Crippen molar-refractivity contribution in [3.63, 3.8) is 0 Å². The number of nitro groups is 1. The maximum absolute atomic E-state index is 13.2. The zero-order chi connectivity index (χ0) is 22.7. The number of allylic oxidation sites excluding steroid dienone is 1. The zero-order valence-corrected chi connectivity index (χ0v) is 18.0. The fourth-order valence-corrected chi connectivity index (χ4v) is 3.51. The van der Waals surface area contributed by atoms with E-state index in [-0.39, 0.29) is 11.4 Å². The smallest absolute Gasteiger partial charge is 0.271 e. The quantitative estimate of drug-likeness (QED) is 0.354. The average molecular weight is 442 g/mol. The Hall–Kier alpha value is -3.66. The number of carbonyl (C=O) groups excluding carboxylic acids is 1. The van der Waals surface area contributed by atoms with E-state index in [1.165, 1.54) is 24.3 Å². The number of hydrogen-bond donors (Lipinski definition) is 3. The van der Waals surface area contributed by atoms with Gasteiger partial charge in [0.15, 0.2) is 16.6 Å². The van der Waals surface area contributed by atoms with Crippen molar-refractivity contribution in [1.29, 1.82) is 0 Å². The minimum atomic E-state index is -0.609. The number of amides is 1. The molecule has 1 heterocycles. The van der Waals surface area contributed by atoms with E-state index in [1.807, 2.05) is 0 Å². The first-order valence-electron chi connectivity index (χ1n) is 9.49. The van der Waals surface area contributed by atoms with Gasteiger partial charge in [-0.25, -0.2) is 0 Å². The fourth-order valence-electron chi connectivity index (χ4n) is 3.26. The standard InChI is InChI=1S/C21H22N4O5S/c1-4-30-17-10-13(8-9-16(17)26)19-18(12(2)24(3)21(31)23-19)20(27)22-14-6-5-7-15(11-14)25(28)29/h5-11,19,26H,4H2,1-3H3,(H,22,27)(H,23,31). The molecule has 1 atom stereocenters. The van der Waals surface area contributed by atoms with Crippen LogP contribution in [0.3, 0.4) is 0 Å². The lowest BCUT2D eigenvalue weighted by atomic mass is 9.94. The first kappa shape index (κ1) is 22.0. The number of ether oxygens (including phenoxy) is 1. The number of benzene rings is 2. The summed E-state index contributed by atoms with van der Waals surface area (Å²) in [6, 6.07) is 9.94. The summed E-state index contributed by atoms with van der Waals surface area (Å²) in [6.45, 7) is 3.94. The van der Waals surface area contributed by atoms with Crippen LogP contribution < -0.4 is 15.4 Å². The molecule has 0 spiro atoms. The summed E-state index contributed by atoms with van der Waals surface area (Å²) in [6.07, 6.45) is 0. The minimum Gasteiger partial charge on any atom is -0.504 e. The topological polar surface area (TPSA) is 117 Å². The van der Waals surface area contributed by atoms with Crippen LogP contribution in [0.15, 0.2) is 53.7 Å². The van der Waals surface area contributed by atoms with Crippen molar-refractivity contribution in [2.75, 3.05) is 19.0 Å².